The van der Waals surface area contributed by atoms with Gasteiger partial charge in [-0.25, -0.2) is 14.3 Å². The van der Waals surface area contributed by atoms with Crippen molar-refractivity contribution in [3.8, 4) is 0 Å². The number of benzene rings is 1. The Morgan fingerprint density at radius 2 is 2.05 bits per heavy atom. The summed E-state index contributed by atoms with van der Waals surface area (Å²) in [6.45, 7) is 1.90. The van der Waals surface area contributed by atoms with Crippen LogP contribution in [-0.2, 0) is 11.3 Å². The molecule has 0 saturated heterocycles. The Bertz CT molecular complexity index is 624. The Labute approximate surface area is 120 Å². The quantitative estimate of drug-likeness (QED) is 0.465. The van der Waals surface area contributed by atoms with Gasteiger partial charge in [0.25, 0.3) is 0 Å². The summed E-state index contributed by atoms with van der Waals surface area (Å²) >= 11 is 0. The van der Waals surface area contributed by atoms with Crippen molar-refractivity contribution < 1.29 is 19.9 Å². The van der Waals surface area contributed by atoms with Crippen LogP contribution in [0.5, 0.6) is 0 Å². The second-order valence-corrected chi connectivity index (χ2v) is 4.07. The van der Waals surface area contributed by atoms with Gasteiger partial charge in [-0.1, -0.05) is 18.2 Å². The number of rotatable bonds is 5. The van der Waals surface area contributed by atoms with E-state index in [0.717, 1.165) is 0 Å². The SMILES string of the molecule is Cc1ncc([N+](=O)[O-])n1CCOC(=O)c1ccccc1.O. The highest BCUT2D eigenvalue weighted by Gasteiger charge is 2.17. The zero-order chi connectivity index (χ0) is 14.5. The molecule has 1 aromatic heterocycles. The van der Waals surface area contributed by atoms with E-state index >= 15 is 0 Å². The van der Waals surface area contributed by atoms with Crippen molar-refractivity contribution in [2.24, 2.45) is 0 Å². The maximum absolute atomic E-state index is 11.7. The zero-order valence-corrected chi connectivity index (χ0v) is 11.4. The lowest BCUT2D eigenvalue weighted by atomic mass is 10.2. The minimum absolute atomic E-state index is 0. The summed E-state index contributed by atoms with van der Waals surface area (Å²) in [5.41, 5.74) is 0.448. The molecular formula is C13H15N3O5. The van der Waals surface area contributed by atoms with Gasteiger partial charge in [0.2, 0.25) is 0 Å². The molecule has 0 aliphatic heterocycles. The molecule has 0 atom stereocenters. The summed E-state index contributed by atoms with van der Waals surface area (Å²) in [6.07, 6.45) is 1.19. The Morgan fingerprint density at radius 3 is 2.67 bits per heavy atom. The molecule has 2 aromatic rings. The van der Waals surface area contributed by atoms with Crippen LogP contribution in [0.3, 0.4) is 0 Å². The van der Waals surface area contributed by atoms with Crippen molar-refractivity contribution in [3.05, 3.63) is 58.0 Å². The fraction of sp³-hybridized carbons (Fsp3) is 0.231. The number of hydrogen-bond acceptors (Lipinski definition) is 5. The second-order valence-electron chi connectivity index (χ2n) is 4.07. The highest BCUT2D eigenvalue weighted by molar-refractivity contribution is 5.89. The van der Waals surface area contributed by atoms with Gasteiger partial charge in [-0.05, 0) is 17.1 Å². The lowest BCUT2D eigenvalue weighted by molar-refractivity contribution is -0.392. The first-order valence-corrected chi connectivity index (χ1v) is 5.98. The molecule has 0 radical (unpaired) electrons. The second kappa shape index (κ2) is 7.15. The number of nitrogens with zero attached hydrogens (tertiary/aromatic N) is 3. The molecule has 0 amide bonds. The number of hydrogen-bond donors (Lipinski definition) is 0. The third-order valence-electron chi connectivity index (χ3n) is 2.78. The summed E-state index contributed by atoms with van der Waals surface area (Å²) < 4.78 is 6.48. The molecule has 8 nitrogen and oxygen atoms in total. The molecule has 0 aliphatic carbocycles. The van der Waals surface area contributed by atoms with Crippen molar-refractivity contribution in [3.63, 3.8) is 0 Å². The standard InChI is InChI=1S/C13H13N3O4.H2O/c1-10-14-9-12(16(18)19)15(10)7-8-20-13(17)11-5-3-2-4-6-11;/h2-6,9H,7-8H2,1H3;1H2. The van der Waals surface area contributed by atoms with Gasteiger partial charge in [0.05, 0.1) is 5.56 Å². The summed E-state index contributed by atoms with van der Waals surface area (Å²) in [6, 6.07) is 8.57. The predicted molar refractivity (Wildman–Crippen MR) is 74.0 cm³/mol. The highest BCUT2D eigenvalue weighted by Crippen LogP contribution is 2.13. The normalized spacial score (nSPS) is 9.76. The van der Waals surface area contributed by atoms with Gasteiger partial charge in [0, 0.05) is 6.92 Å². The summed E-state index contributed by atoms with van der Waals surface area (Å²) in [5.74, 6) is -0.0586. The van der Waals surface area contributed by atoms with E-state index in [1.54, 1.807) is 37.3 Å². The third-order valence-corrected chi connectivity index (χ3v) is 2.78. The number of esters is 1. The van der Waals surface area contributed by atoms with Crippen molar-refractivity contribution in [1.29, 1.82) is 0 Å². The molecule has 2 rings (SSSR count). The molecule has 0 aliphatic rings. The highest BCUT2D eigenvalue weighted by atomic mass is 16.6. The molecule has 1 aromatic carbocycles. The maximum Gasteiger partial charge on any atom is 0.342 e. The van der Waals surface area contributed by atoms with Crippen molar-refractivity contribution >= 4 is 11.8 Å². The van der Waals surface area contributed by atoms with Crippen LogP contribution in [0, 0.1) is 17.0 Å². The van der Waals surface area contributed by atoms with Gasteiger partial charge in [0.1, 0.15) is 19.3 Å². The summed E-state index contributed by atoms with van der Waals surface area (Å²) in [7, 11) is 0. The van der Waals surface area contributed by atoms with Crippen molar-refractivity contribution in [2.75, 3.05) is 6.61 Å². The molecule has 2 N–H and O–H groups in total. The fourth-order valence-corrected chi connectivity index (χ4v) is 1.77. The number of carbonyl (C=O) groups is 1. The van der Waals surface area contributed by atoms with Crippen LogP contribution in [0.25, 0.3) is 0 Å². The van der Waals surface area contributed by atoms with Gasteiger partial charge in [0.15, 0.2) is 5.82 Å². The molecule has 112 valence electrons. The molecule has 1 heterocycles. The summed E-state index contributed by atoms with van der Waals surface area (Å²) in [5, 5.41) is 10.8. The van der Waals surface area contributed by atoms with Crippen LogP contribution in [0.1, 0.15) is 16.2 Å². The molecule has 0 fully saturated rings. The van der Waals surface area contributed by atoms with Crippen LogP contribution in [0.15, 0.2) is 36.5 Å². The minimum Gasteiger partial charge on any atom is -0.458 e. The Kier molecular flexibility index (Phi) is 5.56. The Balaban J connectivity index is 0.00000220. The first-order valence-electron chi connectivity index (χ1n) is 5.98. The fourth-order valence-electron chi connectivity index (χ4n) is 1.77. The molecule has 8 heteroatoms. The first kappa shape index (κ1) is 16.3. The van der Waals surface area contributed by atoms with Gasteiger partial charge >= 0.3 is 11.8 Å². The number of aryl methyl sites for hydroxylation is 1. The van der Waals surface area contributed by atoms with Crippen LogP contribution < -0.4 is 0 Å². The molecule has 0 unspecified atom stereocenters. The Morgan fingerprint density at radius 1 is 1.38 bits per heavy atom. The van der Waals surface area contributed by atoms with E-state index in [4.69, 9.17) is 4.74 Å². The average molecular weight is 293 g/mol. The lowest BCUT2D eigenvalue weighted by Gasteiger charge is -2.05. The van der Waals surface area contributed by atoms with Crippen LogP contribution >= 0.6 is 0 Å². The van der Waals surface area contributed by atoms with E-state index in [1.165, 1.54) is 10.8 Å². The largest absolute Gasteiger partial charge is 0.458 e. The number of ether oxygens (including phenoxy) is 1. The van der Waals surface area contributed by atoms with Crippen molar-refractivity contribution in [1.82, 2.24) is 9.55 Å². The van der Waals surface area contributed by atoms with E-state index in [0.29, 0.717) is 11.4 Å². The zero-order valence-electron chi connectivity index (χ0n) is 11.4. The number of carbonyl (C=O) groups excluding carboxylic acids is 1. The third kappa shape index (κ3) is 3.86. The predicted octanol–water partition coefficient (Wildman–Crippen LogP) is 1.13. The van der Waals surface area contributed by atoms with Crippen LogP contribution in [0.4, 0.5) is 5.82 Å². The topological polar surface area (TPSA) is 119 Å². The van der Waals surface area contributed by atoms with Gasteiger partial charge in [-0.2, -0.15) is 0 Å². The maximum atomic E-state index is 11.7. The number of aromatic nitrogens is 2. The Hall–Kier alpha value is -2.74. The van der Waals surface area contributed by atoms with Crippen molar-refractivity contribution in [2.45, 2.75) is 13.5 Å². The monoisotopic (exact) mass is 293 g/mol. The van der Waals surface area contributed by atoms with E-state index in [1.807, 2.05) is 0 Å². The molecule has 21 heavy (non-hydrogen) atoms. The van der Waals surface area contributed by atoms with E-state index in [9.17, 15) is 14.9 Å². The van der Waals surface area contributed by atoms with E-state index in [-0.39, 0.29) is 24.4 Å². The summed E-state index contributed by atoms with van der Waals surface area (Å²) in [4.78, 5) is 25.8. The lowest BCUT2D eigenvalue weighted by Crippen LogP contribution is -2.13. The molecule has 0 bridgehead atoms. The van der Waals surface area contributed by atoms with Crippen LogP contribution in [-0.4, -0.2) is 32.5 Å². The van der Waals surface area contributed by atoms with E-state index < -0.39 is 10.9 Å². The molecule has 0 saturated carbocycles. The van der Waals surface area contributed by atoms with E-state index in [2.05, 4.69) is 4.98 Å². The molecule has 0 spiro atoms. The van der Waals surface area contributed by atoms with Gasteiger partial charge in [-0.15, -0.1) is 0 Å². The molecular weight excluding hydrogens is 278 g/mol. The minimum atomic E-state index is -0.515. The average Bonchev–Trinajstić information content (AvgIpc) is 2.81. The first-order chi connectivity index (χ1) is 9.59. The number of nitro groups is 1. The number of imidazole rings is 1. The van der Waals surface area contributed by atoms with Crippen LogP contribution in [0.2, 0.25) is 0 Å². The smallest absolute Gasteiger partial charge is 0.342 e. The van der Waals surface area contributed by atoms with Gasteiger partial charge in [-0.3, -0.25) is 0 Å². The van der Waals surface area contributed by atoms with Gasteiger partial charge < -0.3 is 20.3 Å².